The van der Waals surface area contributed by atoms with E-state index in [2.05, 4.69) is 71.9 Å². The molecule has 0 N–H and O–H groups in total. The third-order valence-corrected chi connectivity index (χ3v) is 3.59. The highest BCUT2D eigenvalue weighted by atomic mass is 16.5. The van der Waals surface area contributed by atoms with Crippen LogP contribution in [-0.2, 0) is 5.41 Å². The van der Waals surface area contributed by atoms with Crippen molar-refractivity contribution in [1.82, 2.24) is 0 Å². The first-order valence-electron chi connectivity index (χ1n) is 7.78. The van der Waals surface area contributed by atoms with Gasteiger partial charge in [-0.05, 0) is 48.3 Å². The Bertz CT molecular complexity index is 438. The minimum Gasteiger partial charge on any atom is -0.493 e. The zero-order valence-electron chi connectivity index (χ0n) is 14.0. The summed E-state index contributed by atoms with van der Waals surface area (Å²) in [6.45, 7) is 14.1. The van der Waals surface area contributed by atoms with Gasteiger partial charge in [0, 0.05) is 0 Å². The largest absolute Gasteiger partial charge is 0.493 e. The lowest BCUT2D eigenvalue weighted by molar-refractivity contribution is 0.312. The smallest absolute Gasteiger partial charge is 0.122 e. The Morgan fingerprint density at radius 3 is 2.50 bits per heavy atom. The minimum absolute atomic E-state index is 0.179. The zero-order chi connectivity index (χ0) is 15.2. The minimum atomic E-state index is 0.179. The molecule has 0 bridgehead atoms. The van der Waals surface area contributed by atoms with Crippen LogP contribution >= 0.6 is 0 Å². The summed E-state index contributed by atoms with van der Waals surface area (Å²) in [7, 11) is 0. The molecule has 1 rings (SSSR count). The number of hydrogen-bond donors (Lipinski definition) is 0. The van der Waals surface area contributed by atoms with Crippen LogP contribution in [0.25, 0.3) is 0 Å². The molecule has 0 heterocycles. The van der Waals surface area contributed by atoms with E-state index in [9.17, 15) is 0 Å². The van der Waals surface area contributed by atoms with Crippen LogP contribution in [-0.4, -0.2) is 6.61 Å². The van der Waals surface area contributed by atoms with Crippen LogP contribution in [0, 0.1) is 0 Å². The fourth-order valence-electron chi connectivity index (χ4n) is 2.21. The molecule has 0 saturated carbocycles. The second-order valence-electron chi connectivity index (χ2n) is 6.56. The molecular weight excluding hydrogens is 244 g/mol. The van der Waals surface area contributed by atoms with E-state index in [1.807, 2.05) is 0 Å². The standard InChI is InChI=1S/C19H30O/c1-7-9-10-15(3)17-14-16(19(4,5)6)11-12-18(17)20-13-8-2/h7,9,11-12,14-15H,8,10,13H2,1-6H3/b9-7-. The summed E-state index contributed by atoms with van der Waals surface area (Å²) in [5.41, 5.74) is 2.89. The third-order valence-electron chi connectivity index (χ3n) is 3.59. The number of allylic oxidation sites excluding steroid dienone is 2. The molecule has 0 radical (unpaired) electrons. The zero-order valence-corrected chi connectivity index (χ0v) is 14.0. The van der Waals surface area contributed by atoms with Crippen molar-refractivity contribution in [3.8, 4) is 5.75 Å². The quantitative estimate of drug-likeness (QED) is 0.592. The number of rotatable bonds is 6. The summed E-state index contributed by atoms with van der Waals surface area (Å²) in [4.78, 5) is 0. The van der Waals surface area contributed by atoms with E-state index in [0.29, 0.717) is 5.92 Å². The van der Waals surface area contributed by atoms with Gasteiger partial charge in [0.05, 0.1) is 6.61 Å². The van der Waals surface area contributed by atoms with Crippen molar-refractivity contribution in [2.75, 3.05) is 6.61 Å². The molecule has 1 aromatic carbocycles. The van der Waals surface area contributed by atoms with Crippen LogP contribution < -0.4 is 4.74 Å². The Hall–Kier alpha value is -1.24. The van der Waals surface area contributed by atoms with Gasteiger partial charge in [0.25, 0.3) is 0 Å². The molecule has 0 aliphatic heterocycles. The molecule has 0 aromatic heterocycles. The van der Waals surface area contributed by atoms with E-state index in [4.69, 9.17) is 4.74 Å². The van der Waals surface area contributed by atoms with Gasteiger partial charge in [-0.1, -0.05) is 58.9 Å². The van der Waals surface area contributed by atoms with Crippen LogP contribution in [0.5, 0.6) is 5.75 Å². The molecule has 1 atom stereocenters. The lowest BCUT2D eigenvalue weighted by Gasteiger charge is -2.23. The number of hydrogen-bond acceptors (Lipinski definition) is 1. The van der Waals surface area contributed by atoms with E-state index in [1.54, 1.807) is 0 Å². The monoisotopic (exact) mass is 274 g/mol. The Morgan fingerprint density at radius 2 is 1.95 bits per heavy atom. The summed E-state index contributed by atoms with van der Waals surface area (Å²) in [6.07, 6.45) is 6.46. The van der Waals surface area contributed by atoms with Crippen molar-refractivity contribution in [1.29, 1.82) is 0 Å². The Labute approximate surface area is 125 Å². The average molecular weight is 274 g/mol. The topological polar surface area (TPSA) is 9.23 Å². The van der Waals surface area contributed by atoms with Crippen LogP contribution in [0.15, 0.2) is 30.4 Å². The first kappa shape index (κ1) is 16.8. The lowest BCUT2D eigenvalue weighted by atomic mass is 9.84. The van der Waals surface area contributed by atoms with Gasteiger partial charge < -0.3 is 4.74 Å². The predicted octanol–water partition coefficient (Wildman–Crippen LogP) is 5.84. The van der Waals surface area contributed by atoms with Gasteiger partial charge in [-0.15, -0.1) is 0 Å². The fraction of sp³-hybridized carbons (Fsp3) is 0.579. The molecule has 0 spiro atoms. The van der Waals surface area contributed by atoms with Crippen LogP contribution in [0.4, 0.5) is 0 Å². The maximum atomic E-state index is 5.93. The van der Waals surface area contributed by atoms with Crippen molar-refractivity contribution in [3.05, 3.63) is 41.5 Å². The second-order valence-corrected chi connectivity index (χ2v) is 6.56. The highest BCUT2D eigenvalue weighted by Crippen LogP contribution is 2.34. The molecule has 1 unspecified atom stereocenters. The van der Waals surface area contributed by atoms with E-state index in [1.165, 1.54) is 11.1 Å². The molecular formula is C19H30O. The average Bonchev–Trinajstić information content (AvgIpc) is 2.41. The molecule has 1 aromatic rings. The van der Waals surface area contributed by atoms with Crippen LogP contribution in [0.3, 0.4) is 0 Å². The summed E-state index contributed by atoms with van der Waals surface area (Å²) >= 11 is 0. The van der Waals surface area contributed by atoms with Crippen molar-refractivity contribution in [2.24, 2.45) is 0 Å². The molecule has 0 fully saturated rings. The van der Waals surface area contributed by atoms with Crippen LogP contribution in [0.1, 0.15) is 71.4 Å². The third kappa shape index (κ3) is 4.70. The van der Waals surface area contributed by atoms with Crippen molar-refractivity contribution in [2.45, 2.75) is 65.7 Å². The van der Waals surface area contributed by atoms with Crippen molar-refractivity contribution in [3.63, 3.8) is 0 Å². The number of ether oxygens (including phenoxy) is 1. The maximum absolute atomic E-state index is 5.93. The van der Waals surface area contributed by atoms with Gasteiger partial charge in [-0.2, -0.15) is 0 Å². The van der Waals surface area contributed by atoms with E-state index in [0.717, 1.165) is 25.2 Å². The highest BCUT2D eigenvalue weighted by Gasteiger charge is 2.18. The first-order chi connectivity index (χ1) is 9.40. The molecule has 0 aliphatic rings. The normalized spacial score (nSPS) is 13.7. The van der Waals surface area contributed by atoms with Crippen molar-refractivity contribution >= 4 is 0 Å². The van der Waals surface area contributed by atoms with E-state index < -0.39 is 0 Å². The summed E-state index contributed by atoms with van der Waals surface area (Å²) in [6, 6.07) is 6.69. The molecule has 1 nitrogen and oxygen atoms in total. The fourth-order valence-corrected chi connectivity index (χ4v) is 2.21. The number of benzene rings is 1. The summed E-state index contributed by atoms with van der Waals surface area (Å²) in [5, 5.41) is 0. The predicted molar refractivity (Wildman–Crippen MR) is 88.8 cm³/mol. The molecule has 0 amide bonds. The maximum Gasteiger partial charge on any atom is 0.122 e. The highest BCUT2D eigenvalue weighted by molar-refractivity contribution is 5.42. The van der Waals surface area contributed by atoms with Gasteiger partial charge in [-0.25, -0.2) is 0 Å². The second kappa shape index (κ2) is 7.52. The van der Waals surface area contributed by atoms with Gasteiger partial charge in [0.1, 0.15) is 5.75 Å². The van der Waals surface area contributed by atoms with Crippen LogP contribution in [0.2, 0.25) is 0 Å². The van der Waals surface area contributed by atoms with E-state index >= 15 is 0 Å². The van der Waals surface area contributed by atoms with Gasteiger partial charge in [-0.3, -0.25) is 0 Å². The molecule has 1 heteroatoms. The summed E-state index contributed by atoms with van der Waals surface area (Å²) in [5.74, 6) is 1.54. The van der Waals surface area contributed by atoms with Crippen molar-refractivity contribution < 1.29 is 4.74 Å². The molecule has 112 valence electrons. The molecule has 0 saturated heterocycles. The SMILES string of the molecule is C/C=C\CC(C)c1cc(C(C)(C)C)ccc1OCCC. The van der Waals surface area contributed by atoms with Gasteiger partial charge in [0.2, 0.25) is 0 Å². The Morgan fingerprint density at radius 1 is 1.25 bits per heavy atom. The Balaban J connectivity index is 3.11. The van der Waals surface area contributed by atoms with Gasteiger partial charge in [0.15, 0.2) is 0 Å². The Kier molecular flexibility index (Phi) is 6.32. The van der Waals surface area contributed by atoms with Gasteiger partial charge >= 0.3 is 0 Å². The van der Waals surface area contributed by atoms with E-state index in [-0.39, 0.29) is 5.41 Å². The molecule has 0 aliphatic carbocycles. The molecule has 20 heavy (non-hydrogen) atoms. The first-order valence-corrected chi connectivity index (χ1v) is 7.78. The summed E-state index contributed by atoms with van der Waals surface area (Å²) < 4.78 is 5.93. The lowest BCUT2D eigenvalue weighted by Crippen LogP contribution is -2.12.